The number of hydrogen-bond acceptors (Lipinski definition) is 4. The molecule has 1 saturated heterocycles. The average Bonchev–Trinajstić information content (AvgIpc) is 2.44. The molecule has 0 atom stereocenters. The molecule has 0 bridgehead atoms. The number of ether oxygens (including phenoxy) is 1. The largest absolute Gasteiger partial charge is 0.397 e. The van der Waals surface area contributed by atoms with Gasteiger partial charge in [-0.15, -0.1) is 0 Å². The van der Waals surface area contributed by atoms with Crippen LogP contribution in [-0.2, 0) is 9.53 Å². The molecule has 0 unspecified atom stereocenters. The van der Waals surface area contributed by atoms with Gasteiger partial charge in [0.2, 0.25) is 5.91 Å². The normalized spacial score (nSPS) is 16.1. The number of nitrogens with one attached hydrogen (secondary N) is 1. The highest BCUT2D eigenvalue weighted by Crippen LogP contribution is 2.23. The number of anilines is 2. The summed E-state index contributed by atoms with van der Waals surface area (Å²) in [7, 11) is 0. The van der Waals surface area contributed by atoms with Gasteiger partial charge in [0.05, 0.1) is 24.6 Å². The predicted octanol–water partition coefficient (Wildman–Crippen LogP) is 1.97. The second-order valence-electron chi connectivity index (χ2n) is 4.84. The van der Waals surface area contributed by atoms with E-state index in [1.165, 1.54) is 0 Å². The summed E-state index contributed by atoms with van der Waals surface area (Å²) in [5.74, 6) is -0.0350. The molecule has 0 aliphatic carbocycles. The number of carbonyl (C=O) groups is 1. The van der Waals surface area contributed by atoms with Crippen molar-refractivity contribution >= 4 is 28.9 Å². The molecule has 20 heavy (non-hydrogen) atoms. The van der Waals surface area contributed by atoms with Crippen molar-refractivity contribution in [2.24, 2.45) is 0 Å². The topological polar surface area (TPSA) is 67.6 Å². The molecule has 1 aromatic carbocycles. The van der Waals surface area contributed by atoms with Gasteiger partial charge in [-0.25, -0.2) is 0 Å². The first-order valence-electron chi connectivity index (χ1n) is 6.80. The van der Waals surface area contributed by atoms with Crippen LogP contribution in [0.15, 0.2) is 18.2 Å². The minimum absolute atomic E-state index is 0.0350. The minimum atomic E-state index is -0.0350. The molecule has 2 rings (SSSR count). The summed E-state index contributed by atoms with van der Waals surface area (Å²) in [5.41, 5.74) is 6.89. The van der Waals surface area contributed by atoms with Crippen LogP contribution >= 0.6 is 11.6 Å². The van der Waals surface area contributed by atoms with Gasteiger partial charge in [-0.2, -0.15) is 0 Å². The lowest BCUT2D eigenvalue weighted by molar-refractivity contribution is -0.116. The Kier molecular flexibility index (Phi) is 5.64. The standard InChI is InChI=1S/C14H20ClN3O2/c15-11-3-4-12(16)13(10-11)17-14(19)2-1-5-18-6-8-20-9-7-18/h3-4,10H,1-2,5-9,16H2,(H,17,19). The van der Waals surface area contributed by atoms with Crippen molar-refractivity contribution in [3.8, 4) is 0 Å². The third kappa shape index (κ3) is 4.67. The van der Waals surface area contributed by atoms with Gasteiger partial charge in [-0.1, -0.05) is 11.6 Å². The van der Waals surface area contributed by atoms with E-state index < -0.39 is 0 Å². The van der Waals surface area contributed by atoms with Crippen LogP contribution in [0.5, 0.6) is 0 Å². The van der Waals surface area contributed by atoms with Gasteiger partial charge in [0.25, 0.3) is 0 Å². The molecule has 0 radical (unpaired) electrons. The molecule has 1 amide bonds. The van der Waals surface area contributed by atoms with Crippen LogP contribution < -0.4 is 11.1 Å². The summed E-state index contributed by atoms with van der Waals surface area (Å²) in [6.45, 7) is 4.38. The number of rotatable bonds is 5. The molecule has 1 aliphatic heterocycles. The van der Waals surface area contributed by atoms with Crippen LogP contribution in [0.1, 0.15) is 12.8 Å². The number of nitrogen functional groups attached to an aromatic ring is 1. The van der Waals surface area contributed by atoms with Gasteiger partial charge < -0.3 is 15.8 Å². The van der Waals surface area contributed by atoms with Crippen LogP contribution in [0.2, 0.25) is 5.02 Å². The highest BCUT2D eigenvalue weighted by atomic mass is 35.5. The number of carbonyl (C=O) groups excluding carboxylic acids is 1. The lowest BCUT2D eigenvalue weighted by Crippen LogP contribution is -2.37. The zero-order chi connectivity index (χ0) is 14.4. The zero-order valence-electron chi connectivity index (χ0n) is 11.4. The minimum Gasteiger partial charge on any atom is -0.397 e. The van der Waals surface area contributed by atoms with E-state index in [0.717, 1.165) is 39.3 Å². The molecule has 110 valence electrons. The molecular weight excluding hydrogens is 278 g/mol. The summed E-state index contributed by atoms with van der Waals surface area (Å²) in [6.07, 6.45) is 1.30. The monoisotopic (exact) mass is 297 g/mol. The highest BCUT2D eigenvalue weighted by molar-refractivity contribution is 6.31. The molecule has 1 fully saturated rings. The van der Waals surface area contributed by atoms with Crippen molar-refractivity contribution in [3.05, 3.63) is 23.2 Å². The lowest BCUT2D eigenvalue weighted by atomic mass is 10.2. The Balaban J connectivity index is 1.73. The maximum Gasteiger partial charge on any atom is 0.224 e. The van der Waals surface area contributed by atoms with Crippen LogP contribution in [0.4, 0.5) is 11.4 Å². The van der Waals surface area contributed by atoms with Gasteiger partial charge in [0.15, 0.2) is 0 Å². The molecule has 3 N–H and O–H groups in total. The highest BCUT2D eigenvalue weighted by Gasteiger charge is 2.11. The molecule has 1 heterocycles. The maximum atomic E-state index is 11.9. The van der Waals surface area contributed by atoms with Crippen molar-refractivity contribution in [1.82, 2.24) is 4.90 Å². The van der Waals surface area contributed by atoms with Crippen LogP contribution in [0, 0.1) is 0 Å². The molecule has 5 nitrogen and oxygen atoms in total. The fourth-order valence-corrected chi connectivity index (χ4v) is 2.31. The van der Waals surface area contributed by atoms with Crippen molar-refractivity contribution in [2.75, 3.05) is 43.9 Å². The number of morpholine rings is 1. The number of hydrogen-bond donors (Lipinski definition) is 2. The van der Waals surface area contributed by atoms with Gasteiger partial charge in [-0.05, 0) is 31.2 Å². The van der Waals surface area contributed by atoms with Gasteiger partial charge >= 0.3 is 0 Å². The summed E-state index contributed by atoms with van der Waals surface area (Å²) < 4.78 is 5.28. The van der Waals surface area contributed by atoms with Gasteiger partial charge in [-0.3, -0.25) is 9.69 Å². The van der Waals surface area contributed by atoms with Crippen molar-refractivity contribution in [1.29, 1.82) is 0 Å². The van der Waals surface area contributed by atoms with E-state index >= 15 is 0 Å². The van der Waals surface area contributed by atoms with E-state index in [2.05, 4.69) is 10.2 Å². The Morgan fingerprint density at radius 2 is 2.15 bits per heavy atom. The molecular formula is C14H20ClN3O2. The zero-order valence-corrected chi connectivity index (χ0v) is 12.2. The average molecular weight is 298 g/mol. The van der Waals surface area contributed by atoms with E-state index in [0.29, 0.717) is 22.8 Å². The third-order valence-electron chi connectivity index (χ3n) is 3.27. The number of halogens is 1. The van der Waals surface area contributed by atoms with E-state index in [9.17, 15) is 4.79 Å². The number of benzene rings is 1. The van der Waals surface area contributed by atoms with Gasteiger partial charge in [0, 0.05) is 24.5 Å². The Bertz CT molecular complexity index is 462. The van der Waals surface area contributed by atoms with Crippen LogP contribution in [-0.4, -0.2) is 43.7 Å². The maximum absolute atomic E-state index is 11.9. The van der Waals surface area contributed by atoms with Crippen molar-refractivity contribution in [2.45, 2.75) is 12.8 Å². The number of nitrogens with two attached hydrogens (primary N) is 1. The van der Waals surface area contributed by atoms with E-state index in [1.54, 1.807) is 18.2 Å². The Hall–Kier alpha value is -1.30. The second-order valence-corrected chi connectivity index (χ2v) is 5.27. The fraction of sp³-hybridized carbons (Fsp3) is 0.500. The van der Waals surface area contributed by atoms with Gasteiger partial charge in [0.1, 0.15) is 0 Å². The Labute approximate surface area is 124 Å². The summed E-state index contributed by atoms with van der Waals surface area (Å²) in [6, 6.07) is 5.05. The summed E-state index contributed by atoms with van der Waals surface area (Å²) >= 11 is 5.88. The Morgan fingerprint density at radius 1 is 1.40 bits per heavy atom. The number of nitrogens with zero attached hydrogens (tertiary/aromatic N) is 1. The van der Waals surface area contributed by atoms with Crippen LogP contribution in [0.25, 0.3) is 0 Å². The third-order valence-corrected chi connectivity index (χ3v) is 3.51. The molecule has 1 aliphatic rings. The predicted molar refractivity (Wildman–Crippen MR) is 81.0 cm³/mol. The molecule has 0 spiro atoms. The van der Waals surface area contributed by atoms with Crippen molar-refractivity contribution in [3.63, 3.8) is 0 Å². The SMILES string of the molecule is Nc1ccc(Cl)cc1NC(=O)CCCN1CCOCC1. The smallest absolute Gasteiger partial charge is 0.224 e. The second kappa shape index (κ2) is 7.47. The first-order chi connectivity index (χ1) is 9.65. The molecule has 0 aromatic heterocycles. The van der Waals surface area contributed by atoms with E-state index in [1.807, 2.05) is 0 Å². The quantitative estimate of drug-likeness (QED) is 0.816. The van der Waals surface area contributed by atoms with E-state index in [4.69, 9.17) is 22.1 Å². The summed E-state index contributed by atoms with van der Waals surface area (Å²) in [4.78, 5) is 14.2. The number of amides is 1. The molecule has 1 aromatic rings. The van der Waals surface area contributed by atoms with E-state index in [-0.39, 0.29) is 5.91 Å². The first-order valence-corrected chi connectivity index (χ1v) is 7.18. The van der Waals surface area contributed by atoms with Crippen LogP contribution in [0.3, 0.4) is 0 Å². The lowest BCUT2D eigenvalue weighted by Gasteiger charge is -2.26. The molecule has 0 saturated carbocycles. The first kappa shape index (κ1) is 15.1. The van der Waals surface area contributed by atoms with Crippen molar-refractivity contribution < 1.29 is 9.53 Å². The Morgan fingerprint density at radius 3 is 2.90 bits per heavy atom. The molecule has 6 heteroatoms. The fourth-order valence-electron chi connectivity index (χ4n) is 2.14. The summed E-state index contributed by atoms with van der Waals surface area (Å²) in [5, 5.41) is 3.36.